The topological polar surface area (TPSA) is 54.5 Å². The summed E-state index contributed by atoms with van der Waals surface area (Å²) in [6.45, 7) is 4.75. The highest BCUT2D eigenvalue weighted by Gasteiger charge is 2.38. The number of hydrogen-bond donors (Lipinski definition) is 1. The second kappa shape index (κ2) is 14.5. The van der Waals surface area contributed by atoms with E-state index >= 15 is 0 Å². The van der Waals surface area contributed by atoms with E-state index < -0.39 is 0 Å². The molecule has 2 aromatic heterocycles. The van der Waals surface area contributed by atoms with Crippen molar-refractivity contribution in [2.24, 2.45) is 0 Å². The Morgan fingerprint density at radius 3 is 1.63 bits per heavy atom. The molecule has 2 heterocycles. The van der Waals surface area contributed by atoms with E-state index in [9.17, 15) is 0 Å². The molecule has 0 spiro atoms. The Kier molecular flexibility index (Phi) is 8.53. The molecular formula is C58H39ClN4. The summed E-state index contributed by atoms with van der Waals surface area (Å²) < 4.78 is 0. The summed E-state index contributed by atoms with van der Waals surface area (Å²) in [5, 5.41) is 5.16. The van der Waals surface area contributed by atoms with Crippen LogP contribution in [0, 0.1) is 0 Å². The second-order valence-corrected chi connectivity index (χ2v) is 17.4. The van der Waals surface area contributed by atoms with Gasteiger partial charge >= 0.3 is 0 Å². The number of fused-ring (bicyclic) bond motifs is 8. The number of aromatic nitrogens is 4. The fourth-order valence-corrected chi connectivity index (χ4v) is 10.1. The molecule has 12 rings (SSSR count). The van der Waals surface area contributed by atoms with E-state index in [1.54, 1.807) is 0 Å². The quantitative estimate of drug-likeness (QED) is 0.182. The molecule has 63 heavy (non-hydrogen) atoms. The van der Waals surface area contributed by atoms with Crippen LogP contribution in [-0.2, 0) is 5.41 Å². The van der Waals surface area contributed by atoms with Crippen molar-refractivity contribution in [3.8, 4) is 78.4 Å². The van der Waals surface area contributed by atoms with Crippen LogP contribution in [0.1, 0.15) is 25.0 Å². The van der Waals surface area contributed by atoms with Crippen LogP contribution in [0.5, 0.6) is 0 Å². The minimum atomic E-state index is -0.194. The predicted molar refractivity (Wildman–Crippen MR) is 262 cm³/mol. The van der Waals surface area contributed by atoms with E-state index in [-0.39, 0.29) is 10.7 Å². The first-order chi connectivity index (χ1) is 30.9. The minimum Gasteiger partial charge on any atom is -0.353 e. The number of halogens is 1. The van der Waals surface area contributed by atoms with Crippen molar-refractivity contribution in [2.45, 2.75) is 19.3 Å². The molecular weight excluding hydrogens is 788 g/mol. The average molecular weight is 827 g/mol. The molecule has 0 saturated heterocycles. The van der Waals surface area contributed by atoms with Crippen LogP contribution in [-0.4, -0.2) is 19.9 Å². The molecule has 0 bridgehead atoms. The third kappa shape index (κ3) is 6.17. The third-order valence-electron chi connectivity index (χ3n) is 13.0. The lowest BCUT2D eigenvalue weighted by molar-refractivity contribution is 0.662. The van der Waals surface area contributed by atoms with Crippen LogP contribution in [0.3, 0.4) is 0 Å². The van der Waals surface area contributed by atoms with Crippen molar-refractivity contribution in [3.63, 3.8) is 0 Å². The van der Waals surface area contributed by atoms with Gasteiger partial charge in [0.15, 0.2) is 11.6 Å². The minimum absolute atomic E-state index is 0.163. The Morgan fingerprint density at radius 1 is 0.381 bits per heavy atom. The SMILES string of the molecule is CC1(C)c2ccc(-c3cccc(-c4ccc(-c5nc(Cl)nc(-c6ccc(-c7ccccc7)cc6)n5)cc4)c3)cc2-c2cccc(-c3cccc4c3[nH]c3c5ccccc5ccc43)c21. The van der Waals surface area contributed by atoms with Gasteiger partial charge in [0, 0.05) is 38.3 Å². The second-order valence-electron chi connectivity index (χ2n) is 17.0. The van der Waals surface area contributed by atoms with E-state index in [1.807, 2.05) is 30.3 Å². The number of hydrogen-bond acceptors (Lipinski definition) is 3. The van der Waals surface area contributed by atoms with Gasteiger partial charge in [-0.05, 0) is 90.3 Å². The van der Waals surface area contributed by atoms with E-state index in [4.69, 9.17) is 16.6 Å². The summed E-state index contributed by atoms with van der Waals surface area (Å²) in [5.74, 6) is 1.08. The van der Waals surface area contributed by atoms with Crippen LogP contribution in [0.2, 0.25) is 5.28 Å². The monoisotopic (exact) mass is 826 g/mol. The predicted octanol–water partition coefficient (Wildman–Crippen LogP) is 15.6. The highest BCUT2D eigenvalue weighted by atomic mass is 35.5. The molecule has 1 aliphatic carbocycles. The lowest BCUT2D eigenvalue weighted by atomic mass is 9.78. The summed E-state index contributed by atoms with van der Waals surface area (Å²) in [5.41, 5.74) is 18.6. The Morgan fingerprint density at radius 2 is 0.889 bits per heavy atom. The van der Waals surface area contributed by atoms with Gasteiger partial charge in [0.1, 0.15) is 0 Å². The van der Waals surface area contributed by atoms with Gasteiger partial charge in [-0.15, -0.1) is 0 Å². The summed E-state index contributed by atoms with van der Waals surface area (Å²) in [6, 6.07) is 69.4. The molecule has 9 aromatic carbocycles. The van der Waals surface area contributed by atoms with Crippen molar-refractivity contribution >= 4 is 44.2 Å². The fraction of sp³-hybridized carbons (Fsp3) is 0.0517. The Hall–Kier alpha value is -7.66. The number of para-hydroxylation sites is 1. The van der Waals surface area contributed by atoms with Crippen LogP contribution >= 0.6 is 11.6 Å². The first-order valence-electron chi connectivity index (χ1n) is 21.4. The number of H-pyrrole nitrogens is 1. The van der Waals surface area contributed by atoms with Gasteiger partial charge in [-0.2, -0.15) is 9.97 Å². The van der Waals surface area contributed by atoms with E-state index in [1.165, 1.54) is 77.1 Å². The molecule has 0 radical (unpaired) electrons. The molecule has 298 valence electrons. The van der Waals surface area contributed by atoms with Gasteiger partial charge in [-0.25, -0.2) is 4.98 Å². The summed E-state index contributed by atoms with van der Waals surface area (Å²) in [7, 11) is 0. The largest absolute Gasteiger partial charge is 0.353 e. The van der Waals surface area contributed by atoms with Gasteiger partial charge in [-0.1, -0.05) is 196 Å². The number of nitrogens with one attached hydrogen (secondary N) is 1. The van der Waals surface area contributed by atoms with Gasteiger partial charge < -0.3 is 4.98 Å². The molecule has 0 fully saturated rings. The standard InChI is InChI=1S/C58H39ClN4/c1-58(2)51-32-30-43(34-50(51)46-18-9-17-45(52(46)58)47-19-10-20-48-49-31-29-38-13-6-7-16-44(38)53(49)60-54(47)48)42-15-8-14-41(33-42)37-23-27-40(28-24-37)56-61-55(62-57(59)63-56)39-25-21-36(22-26-39)35-11-4-3-5-12-35/h3-34,60H,1-2H3. The van der Waals surface area contributed by atoms with Crippen molar-refractivity contribution in [1.29, 1.82) is 0 Å². The van der Waals surface area contributed by atoms with Gasteiger partial charge in [-0.3, -0.25) is 0 Å². The van der Waals surface area contributed by atoms with Gasteiger partial charge in [0.05, 0.1) is 11.0 Å². The zero-order chi connectivity index (χ0) is 42.2. The normalized spacial score (nSPS) is 12.8. The van der Waals surface area contributed by atoms with Crippen LogP contribution in [0.25, 0.3) is 111 Å². The first-order valence-corrected chi connectivity index (χ1v) is 21.7. The maximum absolute atomic E-state index is 6.48. The van der Waals surface area contributed by atoms with Crippen LogP contribution in [0.4, 0.5) is 0 Å². The molecule has 11 aromatic rings. The van der Waals surface area contributed by atoms with Crippen LogP contribution < -0.4 is 0 Å². The number of benzene rings is 9. The molecule has 0 aliphatic heterocycles. The maximum Gasteiger partial charge on any atom is 0.226 e. The molecule has 5 heteroatoms. The van der Waals surface area contributed by atoms with Crippen LogP contribution in [0.15, 0.2) is 194 Å². The molecule has 4 nitrogen and oxygen atoms in total. The molecule has 1 aliphatic rings. The summed E-state index contributed by atoms with van der Waals surface area (Å²) >= 11 is 6.48. The van der Waals surface area contributed by atoms with Crippen molar-refractivity contribution in [1.82, 2.24) is 19.9 Å². The van der Waals surface area contributed by atoms with E-state index in [0.29, 0.717) is 11.6 Å². The zero-order valence-electron chi connectivity index (χ0n) is 34.7. The lowest BCUT2D eigenvalue weighted by Gasteiger charge is -2.25. The lowest BCUT2D eigenvalue weighted by Crippen LogP contribution is -2.16. The van der Waals surface area contributed by atoms with E-state index in [2.05, 4.69) is 193 Å². The molecule has 0 unspecified atom stereocenters. The Balaban J connectivity index is 0.859. The van der Waals surface area contributed by atoms with Gasteiger partial charge in [0.2, 0.25) is 5.28 Å². The third-order valence-corrected chi connectivity index (χ3v) is 13.2. The molecule has 0 saturated carbocycles. The molecule has 0 amide bonds. The van der Waals surface area contributed by atoms with Crippen molar-refractivity contribution in [2.75, 3.05) is 0 Å². The highest BCUT2D eigenvalue weighted by molar-refractivity contribution is 6.28. The first kappa shape index (κ1) is 37.1. The molecule has 1 N–H and O–H groups in total. The average Bonchev–Trinajstić information content (AvgIpc) is 3.84. The Labute approximate surface area is 370 Å². The summed E-state index contributed by atoms with van der Waals surface area (Å²) in [4.78, 5) is 17.7. The summed E-state index contributed by atoms with van der Waals surface area (Å²) in [6.07, 6.45) is 0. The smallest absolute Gasteiger partial charge is 0.226 e. The number of nitrogens with zero attached hydrogens (tertiary/aromatic N) is 3. The maximum atomic E-state index is 6.48. The zero-order valence-corrected chi connectivity index (χ0v) is 35.5. The molecule has 0 atom stereocenters. The fourth-order valence-electron chi connectivity index (χ4n) is 9.93. The van der Waals surface area contributed by atoms with E-state index in [0.717, 1.165) is 33.4 Å². The Bertz CT molecular complexity index is 3590. The highest BCUT2D eigenvalue weighted by Crippen LogP contribution is 2.54. The van der Waals surface area contributed by atoms with Crippen molar-refractivity contribution < 1.29 is 0 Å². The number of rotatable bonds is 6. The van der Waals surface area contributed by atoms with Crippen molar-refractivity contribution in [3.05, 3.63) is 211 Å². The number of aromatic amines is 1. The van der Waals surface area contributed by atoms with Gasteiger partial charge in [0.25, 0.3) is 0 Å².